The van der Waals surface area contributed by atoms with E-state index >= 15 is 0 Å². The minimum Gasteiger partial charge on any atom is -0.507 e. The van der Waals surface area contributed by atoms with Crippen LogP contribution >= 0.6 is 11.3 Å². The maximum atomic E-state index is 10.5. The van der Waals surface area contributed by atoms with E-state index in [1.165, 1.54) is 38.5 Å². The number of nitrogens with one attached hydrogen (secondary N) is 1. The number of hydrogen-bond acceptors (Lipinski definition) is 7. The maximum absolute atomic E-state index is 10.5. The Kier molecular flexibility index (Phi) is 3.79. The normalized spacial score (nSPS) is 26.9. The van der Waals surface area contributed by atoms with Crippen molar-refractivity contribution in [1.29, 1.82) is 0 Å². The number of benzene rings is 1. The van der Waals surface area contributed by atoms with Crippen LogP contribution in [0.1, 0.15) is 55.5 Å². The van der Waals surface area contributed by atoms with Gasteiger partial charge in [0.05, 0.1) is 15.2 Å². The molecule has 7 heteroatoms. The van der Waals surface area contributed by atoms with E-state index in [0.29, 0.717) is 28.4 Å². The van der Waals surface area contributed by atoms with E-state index in [1.54, 1.807) is 17.4 Å². The van der Waals surface area contributed by atoms with E-state index in [-0.39, 0.29) is 5.75 Å². The number of rotatable bonds is 3. The van der Waals surface area contributed by atoms with Gasteiger partial charge in [-0.25, -0.2) is 4.98 Å². The molecule has 1 aromatic carbocycles. The van der Waals surface area contributed by atoms with Crippen molar-refractivity contribution >= 4 is 27.3 Å². The van der Waals surface area contributed by atoms with E-state index in [9.17, 15) is 5.11 Å². The molecule has 2 aliphatic carbocycles. The third-order valence-electron chi connectivity index (χ3n) is 7.44. The molecule has 6 N–H and O–H groups in total. The van der Waals surface area contributed by atoms with Crippen molar-refractivity contribution in [3.8, 4) is 5.75 Å². The quantitative estimate of drug-likeness (QED) is 0.604. The molecule has 0 bridgehead atoms. The van der Waals surface area contributed by atoms with Crippen LogP contribution in [0.25, 0.3) is 15.9 Å². The molecular weight excluding hydrogens is 394 g/mol. The molecule has 2 spiro atoms. The molecule has 6 nitrogen and oxygen atoms in total. The summed E-state index contributed by atoms with van der Waals surface area (Å²) in [5.41, 5.74) is 16.9. The first-order valence-corrected chi connectivity index (χ1v) is 11.8. The van der Waals surface area contributed by atoms with Gasteiger partial charge in [0, 0.05) is 41.0 Å². The topological polar surface area (TPSA) is 100 Å². The first kappa shape index (κ1) is 18.5. The number of allylic oxidation sites excluding steroid dienone is 1. The number of aromatic hydroxyl groups is 1. The second kappa shape index (κ2) is 6.14. The number of nitrogens with two attached hydrogens (primary N) is 2. The Bertz CT molecular complexity index is 1090. The van der Waals surface area contributed by atoms with Crippen LogP contribution in [0.5, 0.6) is 5.75 Å². The lowest BCUT2D eigenvalue weighted by Gasteiger charge is -2.42. The lowest BCUT2D eigenvalue weighted by atomic mass is 9.89. The number of phenols is 1. The second-order valence-electron chi connectivity index (χ2n) is 9.77. The number of piperidine rings is 1. The predicted molar refractivity (Wildman–Crippen MR) is 121 cm³/mol. The molecule has 3 heterocycles. The Hall–Kier alpha value is -2.25. The minimum absolute atomic E-state index is 0.167. The zero-order valence-corrected chi connectivity index (χ0v) is 18.2. The Morgan fingerprint density at radius 2 is 1.97 bits per heavy atom. The molecule has 2 aromatic rings. The fourth-order valence-corrected chi connectivity index (χ4v) is 6.44. The average Bonchev–Trinajstić information content (AvgIpc) is 3.54. The number of fused-ring (bicyclic) bond motifs is 1. The van der Waals surface area contributed by atoms with Crippen molar-refractivity contribution in [3.05, 3.63) is 40.2 Å². The van der Waals surface area contributed by atoms with E-state index in [4.69, 9.17) is 11.5 Å². The highest BCUT2D eigenvalue weighted by Gasteiger charge is 2.59. The van der Waals surface area contributed by atoms with Gasteiger partial charge in [0.15, 0.2) is 0 Å². The monoisotopic (exact) mass is 423 g/mol. The van der Waals surface area contributed by atoms with E-state index in [1.807, 2.05) is 19.1 Å². The molecular formula is C23H29N5OS. The standard InChI is InChI=1S/C23H29N5OS/c1-13-26-18-10-19(29)16(9-20(18)30-13)17(24)8-14-2-7-28(21(14)25)15-11-22(3-4-22)27-23(12-15)5-6-23/h8-10,15,27,29H,2-7,11-12,24-25H2,1H3/b17-8-. The van der Waals surface area contributed by atoms with Crippen molar-refractivity contribution in [2.45, 2.75) is 69.0 Å². The molecule has 3 fully saturated rings. The van der Waals surface area contributed by atoms with Gasteiger partial charge in [0.2, 0.25) is 0 Å². The predicted octanol–water partition coefficient (Wildman–Crippen LogP) is 3.30. The van der Waals surface area contributed by atoms with Crippen molar-refractivity contribution < 1.29 is 5.11 Å². The van der Waals surface area contributed by atoms with Crippen molar-refractivity contribution in [2.24, 2.45) is 11.5 Å². The SMILES string of the molecule is Cc1nc2cc(O)c(/C(N)=C/C3=C(N)N(C4CC5(CC5)NC5(CC5)C4)CC3)cc2s1. The van der Waals surface area contributed by atoms with Gasteiger partial charge in [-0.2, -0.15) is 0 Å². The summed E-state index contributed by atoms with van der Waals surface area (Å²) in [6.45, 7) is 2.93. The van der Waals surface area contributed by atoms with E-state index in [0.717, 1.165) is 39.6 Å². The highest BCUT2D eigenvalue weighted by molar-refractivity contribution is 7.18. The van der Waals surface area contributed by atoms with Gasteiger partial charge < -0.3 is 26.8 Å². The summed E-state index contributed by atoms with van der Waals surface area (Å²) < 4.78 is 1.03. The molecule has 4 aliphatic rings. The maximum Gasteiger partial charge on any atom is 0.127 e. The Labute approximate surface area is 180 Å². The molecule has 1 aromatic heterocycles. The van der Waals surface area contributed by atoms with Crippen LogP contribution in [0, 0.1) is 6.92 Å². The van der Waals surface area contributed by atoms with Gasteiger partial charge in [-0.3, -0.25) is 0 Å². The van der Waals surface area contributed by atoms with Crippen LogP contribution in [-0.2, 0) is 0 Å². The van der Waals surface area contributed by atoms with E-state index in [2.05, 4.69) is 15.2 Å². The smallest absolute Gasteiger partial charge is 0.127 e. The zero-order valence-electron chi connectivity index (χ0n) is 17.4. The van der Waals surface area contributed by atoms with Crippen LogP contribution in [0.4, 0.5) is 0 Å². The lowest BCUT2D eigenvalue weighted by Crippen LogP contribution is -2.55. The fourth-order valence-electron chi connectivity index (χ4n) is 5.59. The van der Waals surface area contributed by atoms with Crippen molar-refractivity contribution in [2.75, 3.05) is 6.54 Å². The Morgan fingerprint density at radius 3 is 2.63 bits per heavy atom. The summed E-state index contributed by atoms with van der Waals surface area (Å²) in [4.78, 5) is 6.87. The molecule has 2 saturated carbocycles. The molecule has 1 saturated heterocycles. The number of aromatic nitrogens is 1. The minimum atomic E-state index is 0.167. The van der Waals surface area contributed by atoms with Gasteiger partial charge in [0.1, 0.15) is 11.6 Å². The van der Waals surface area contributed by atoms with Gasteiger partial charge in [-0.15, -0.1) is 11.3 Å². The summed E-state index contributed by atoms with van der Waals surface area (Å²) in [7, 11) is 0. The summed E-state index contributed by atoms with van der Waals surface area (Å²) >= 11 is 1.61. The highest BCUT2D eigenvalue weighted by Crippen LogP contribution is 2.54. The number of phenolic OH excluding ortho intramolecular Hbond substituents is 1. The van der Waals surface area contributed by atoms with Crippen molar-refractivity contribution in [1.82, 2.24) is 15.2 Å². The summed E-state index contributed by atoms with van der Waals surface area (Å²) in [6.07, 6.45) is 10.5. The highest BCUT2D eigenvalue weighted by atomic mass is 32.1. The van der Waals surface area contributed by atoms with Gasteiger partial charge in [0.25, 0.3) is 0 Å². The molecule has 6 rings (SSSR count). The number of hydrogen-bond donors (Lipinski definition) is 4. The van der Waals surface area contributed by atoms with Crippen LogP contribution in [0.3, 0.4) is 0 Å². The van der Waals surface area contributed by atoms with Crippen LogP contribution < -0.4 is 16.8 Å². The first-order chi connectivity index (χ1) is 14.4. The third kappa shape index (κ3) is 2.98. The molecule has 0 atom stereocenters. The molecule has 0 radical (unpaired) electrons. The third-order valence-corrected chi connectivity index (χ3v) is 8.38. The zero-order chi connectivity index (χ0) is 20.7. The molecule has 0 unspecified atom stereocenters. The van der Waals surface area contributed by atoms with Gasteiger partial charge in [-0.05, 0) is 69.6 Å². The number of aryl methyl sites for hydroxylation is 1. The number of thiazole rings is 1. The summed E-state index contributed by atoms with van der Waals surface area (Å²) in [5.74, 6) is 1.03. The Balaban J connectivity index is 1.28. The summed E-state index contributed by atoms with van der Waals surface area (Å²) in [5, 5.41) is 15.4. The lowest BCUT2D eigenvalue weighted by molar-refractivity contribution is 0.145. The van der Waals surface area contributed by atoms with Crippen molar-refractivity contribution in [3.63, 3.8) is 0 Å². The molecule has 30 heavy (non-hydrogen) atoms. The second-order valence-corrected chi connectivity index (χ2v) is 11.0. The largest absolute Gasteiger partial charge is 0.507 e. The van der Waals surface area contributed by atoms with Crippen LogP contribution in [0.15, 0.2) is 29.6 Å². The molecule has 158 valence electrons. The molecule has 0 amide bonds. The number of nitrogens with zero attached hydrogens (tertiary/aromatic N) is 2. The first-order valence-electron chi connectivity index (χ1n) is 11.0. The van der Waals surface area contributed by atoms with Crippen LogP contribution in [0.2, 0.25) is 0 Å². The summed E-state index contributed by atoms with van der Waals surface area (Å²) in [6, 6.07) is 4.16. The van der Waals surface area contributed by atoms with E-state index < -0.39 is 0 Å². The van der Waals surface area contributed by atoms with Crippen LogP contribution in [-0.4, -0.2) is 38.7 Å². The molecule has 2 aliphatic heterocycles. The average molecular weight is 424 g/mol. The van der Waals surface area contributed by atoms with Gasteiger partial charge >= 0.3 is 0 Å². The van der Waals surface area contributed by atoms with Gasteiger partial charge in [-0.1, -0.05) is 0 Å². The Morgan fingerprint density at radius 1 is 1.27 bits per heavy atom. The fraction of sp³-hybridized carbons (Fsp3) is 0.522.